The highest BCUT2D eigenvalue weighted by Gasteiger charge is 2.35. The lowest BCUT2D eigenvalue weighted by molar-refractivity contribution is -0.143. The molecule has 0 bridgehead atoms. The first-order valence-electron chi connectivity index (χ1n) is 9.05. The smallest absolute Gasteiger partial charge is 0.321 e. The van der Waals surface area contributed by atoms with Crippen molar-refractivity contribution in [2.45, 2.75) is 37.1 Å². The minimum absolute atomic E-state index is 0.0812. The minimum atomic E-state index is -3.52. The number of likely N-dealkylation sites (tertiary alicyclic amines) is 1. The van der Waals surface area contributed by atoms with Crippen LogP contribution in [0.3, 0.4) is 0 Å². The summed E-state index contributed by atoms with van der Waals surface area (Å²) >= 11 is 0. The SMILES string of the molecule is CC1CC(C(=O)O)CN(C(=O)Nc2ccc(S(=O)(=O)N(C)C3CC3)cc2)C1. The van der Waals surface area contributed by atoms with Crippen molar-refractivity contribution in [2.75, 3.05) is 25.5 Å². The highest BCUT2D eigenvalue weighted by molar-refractivity contribution is 7.89. The first kappa shape index (κ1) is 19.6. The molecule has 9 heteroatoms. The average Bonchev–Trinajstić information content (AvgIpc) is 3.46. The maximum absolute atomic E-state index is 12.5. The monoisotopic (exact) mass is 395 g/mol. The summed E-state index contributed by atoms with van der Waals surface area (Å²) in [6.07, 6.45) is 2.32. The number of piperidine rings is 1. The number of nitrogens with one attached hydrogen (secondary N) is 1. The number of anilines is 1. The number of carboxylic acids is 1. The molecule has 0 aromatic heterocycles. The molecule has 27 heavy (non-hydrogen) atoms. The Morgan fingerprint density at radius 3 is 2.37 bits per heavy atom. The number of carbonyl (C=O) groups is 2. The molecule has 1 heterocycles. The van der Waals surface area contributed by atoms with Gasteiger partial charge in [-0.25, -0.2) is 13.2 Å². The Morgan fingerprint density at radius 2 is 1.81 bits per heavy atom. The van der Waals surface area contributed by atoms with E-state index in [0.717, 1.165) is 12.8 Å². The van der Waals surface area contributed by atoms with Gasteiger partial charge < -0.3 is 15.3 Å². The van der Waals surface area contributed by atoms with Gasteiger partial charge in [-0.05, 0) is 49.4 Å². The third-order valence-corrected chi connectivity index (χ3v) is 7.06. The Balaban J connectivity index is 1.65. The summed E-state index contributed by atoms with van der Waals surface area (Å²) in [6, 6.07) is 5.75. The highest BCUT2D eigenvalue weighted by Crippen LogP contribution is 2.30. The summed E-state index contributed by atoms with van der Waals surface area (Å²) in [5, 5.41) is 11.9. The summed E-state index contributed by atoms with van der Waals surface area (Å²) in [6.45, 7) is 2.59. The van der Waals surface area contributed by atoms with Crippen LogP contribution in [0.15, 0.2) is 29.2 Å². The van der Waals surface area contributed by atoms with Gasteiger partial charge in [-0.1, -0.05) is 6.92 Å². The van der Waals surface area contributed by atoms with Crippen LogP contribution in [0, 0.1) is 11.8 Å². The van der Waals surface area contributed by atoms with Crippen molar-refractivity contribution >= 4 is 27.7 Å². The second-order valence-corrected chi connectivity index (χ2v) is 9.49. The Hall–Kier alpha value is -2.13. The van der Waals surface area contributed by atoms with Crippen molar-refractivity contribution in [2.24, 2.45) is 11.8 Å². The summed E-state index contributed by atoms with van der Waals surface area (Å²) in [7, 11) is -1.94. The topological polar surface area (TPSA) is 107 Å². The van der Waals surface area contributed by atoms with Gasteiger partial charge in [-0.2, -0.15) is 4.31 Å². The molecule has 1 aromatic rings. The van der Waals surface area contributed by atoms with E-state index in [1.165, 1.54) is 21.3 Å². The summed E-state index contributed by atoms with van der Waals surface area (Å²) in [5.41, 5.74) is 0.470. The van der Waals surface area contributed by atoms with Crippen molar-refractivity contribution in [3.05, 3.63) is 24.3 Å². The van der Waals surface area contributed by atoms with Crippen LogP contribution in [0.25, 0.3) is 0 Å². The van der Waals surface area contributed by atoms with E-state index in [-0.39, 0.29) is 29.4 Å². The van der Waals surface area contributed by atoms with Gasteiger partial charge in [-0.3, -0.25) is 4.79 Å². The molecule has 8 nitrogen and oxygen atoms in total. The highest BCUT2D eigenvalue weighted by atomic mass is 32.2. The number of hydrogen-bond donors (Lipinski definition) is 2. The lowest BCUT2D eigenvalue weighted by Crippen LogP contribution is -2.47. The number of benzene rings is 1. The van der Waals surface area contributed by atoms with E-state index in [9.17, 15) is 23.1 Å². The summed E-state index contributed by atoms with van der Waals surface area (Å²) < 4.78 is 26.4. The first-order valence-corrected chi connectivity index (χ1v) is 10.5. The molecule has 2 fully saturated rings. The molecule has 2 amide bonds. The van der Waals surface area contributed by atoms with Crippen molar-refractivity contribution < 1.29 is 23.1 Å². The quantitative estimate of drug-likeness (QED) is 0.793. The molecule has 1 aliphatic heterocycles. The van der Waals surface area contributed by atoms with Crippen molar-refractivity contribution in [1.82, 2.24) is 9.21 Å². The third kappa shape index (κ3) is 4.41. The van der Waals surface area contributed by atoms with Gasteiger partial charge in [0.05, 0.1) is 10.8 Å². The van der Waals surface area contributed by atoms with Crippen LogP contribution in [0.4, 0.5) is 10.5 Å². The molecular weight excluding hydrogens is 370 g/mol. The average molecular weight is 395 g/mol. The molecule has 3 rings (SSSR count). The van der Waals surface area contributed by atoms with Crippen molar-refractivity contribution in [1.29, 1.82) is 0 Å². The number of amides is 2. The fourth-order valence-corrected chi connectivity index (χ4v) is 4.83. The second kappa shape index (κ2) is 7.47. The van der Waals surface area contributed by atoms with Crippen molar-refractivity contribution in [3.8, 4) is 0 Å². The second-order valence-electron chi connectivity index (χ2n) is 7.49. The molecule has 1 saturated heterocycles. The van der Waals surface area contributed by atoms with Gasteiger partial charge in [0.2, 0.25) is 10.0 Å². The molecule has 0 radical (unpaired) electrons. The molecule has 2 unspecified atom stereocenters. The number of sulfonamides is 1. The Labute approximate surface area is 159 Å². The first-order chi connectivity index (χ1) is 12.7. The number of hydrogen-bond acceptors (Lipinski definition) is 4. The molecule has 1 aliphatic carbocycles. The summed E-state index contributed by atoms with van der Waals surface area (Å²) in [4.78, 5) is 25.4. The van der Waals surface area contributed by atoms with E-state index >= 15 is 0 Å². The molecular formula is C18H25N3O5S. The largest absolute Gasteiger partial charge is 0.481 e. The number of rotatable bonds is 5. The normalized spacial score (nSPS) is 23.3. The van der Waals surface area contributed by atoms with E-state index in [4.69, 9.17) is 0 Å². The lowest BCUT2D eigenvalue weighted by atomic mass is 9.91. The van der Waals surface area contributed by atoms with E-state index in [2.05, 4.69) is 5.32 Å². The molecule has 2 atom stereocenters. The molecule has 2 aliphatic rings. The predicted octanol–water partition coefficient (Wildman–Crippen LogP) is 2.04. The maximum Gasteiger partial charge on any atom is 0.321 e. The predicted molar refractivity (Wildman–Crippen MR) is 99.9 cm³/mol. The summed E-state index contributed by atoms with van der Waals surface area (Å²) in [5.74, 6) is -1.35. The van der Waals surface area contributed by atoms with Crippen LogP contribution in [0.5, 0.6) is 0 Å². The van der Waals surface area contributed by atoms with E-state index in [1.54, 1.807) is 19.2 Å². The van der Waals surface area contributed by atoms with E-state index in [0.29, 0.717) is 18.7 Å². The molecule has 148 valence electrons. The fraction of sp³-hybridized carbons (Fsp3) is 0.556. The Kier molecular flexibility index (Phi) is 5.43. The van der Waals surface area contributed by atoms with Crippen LogP contribution in [-0.4, -0.2) is 60.9 Å². The standard InChI is InChI=1S/C18H25N3O5S/c1-12-9-13(17(22)23)11-21(10-12)18(24)19-14-3-7-16(8-4-14)27(25,26)20(2)15-5-6-15/h3-4,7-8,12-13,15H,5-6,9-11H2,1-2H3,(H,19,24)(H,22,23). The fourth-order valence-electron chi connectivity index (χ4n) is 3.41. The zero-order chi connectivity index (χ0) is 19.8. The Bertz CT molecular complexity index is 820. The van der Waals surface area contributed by atoms with Gasteiger partial charge in [0.25, 0.3) is 0 Å². The van der Waals surface area contributed by atoms with Gasteiger partial charge in [-0.15, -0.1) is 0 Å². The minimum Gasteiger partial charge on any atom is -0.481 e. The van der Waals surface area contributed by atoms with Gasteiger partial charge in [0, 0.05) is 31.9 Å². The van der Waals surface area contributed by atoms with Crippen LogP contribution >= 0.6 is 0 Å². The van der Waals surface area contributed by atoms with E-state index < -0.39 is 21.9 Å². The van der Waals surface area contributed by atoms with Crippen LogP contribution < -0.4 is 5.32 Å². The molecule has 2 N–H and O–H groups in total. The number of nitrogens with zero attached hydrogens (tertiary/aromatic N) is 2. The van der Waals surface area contributed by atoms with Gasteiger partial charge >= 0.3 is 12.0 Å². The van der Waals surface area contributed by atoms with Crippen LogP contribution in [-0.2, 0) is 14.8 Å². The zero-order valence-corrected chi connectivity index (χ0v) is 16.3. The molecule has 0 spiro atoms. The number of aliphatic carboxylic acids is 1. The van der Waals surface area contributed by atoms with Gasteiger partial charge in [0.1, 0.15) is 0 Å². The number of carboxylic acid groups (broad SMARTS) is 1. The maximum atomic E-state index is 12.5. The number of carbonyl (C=O) groups excluding carboxylic acids is 1. The third-order valence-electron chi connectivity index (χ3n) is 5.14. The number of urea groups is 1. The molecule has 1 aromatic carbocycles. The van der Waals surface area contributed by atoms with Crippen molar-refractivity contribution in [3.63, 3.8) is 0 Å². The van der Waals surface area contributed by atoms with Crippen LogP contribution in [0.1, 0.15) is 26.2 Å². The van der Waals surface area contributed by atoms with E-state index in [1.807, 2.05) is 6.92 Å². The lowest BCUT2D eigenvalue weighted by Gasteiger charge is -2.34. The Morgan fingerprint density at radius 1 is 1.19 bits per heavy atom. The zero-order valence-electron chi connectivity index (χ0n) is 15.5. The van der Waals surface area contributed by atoms with Crippen LogP contribution in [0.2, 0.25) is 0 Å². The van der Waals surface area contributed by atoms with Gasteiger partial charge in [0.15, 0.2) is 0 Å². The molecule has 1 saturated carbocycles.